The molecule has 4 atom stereocenters. The summed E-state index contributed by atoms with van der Waals surface area (Å²) in [7, 11) is 0. The highest BCUT2D eigenvalue weighted by Crippen LogP contribution is 2.57. The molecule has 1 N–H and O–H groups in total. The van der Waals surface area contributed by atoms with Gasteiger partial charge in [-0.2, -0.15) is 0 Å². The van der Waals surface area contributed by atoms with Gasteiger partial charge in [0, 0.05) is 24.2 Å². The highest BCUT2D eigenvalue weighted by atomic mass is 35.5. The summed E-state index contributed by atoms with van der Waals surface area (Å²) >= 11 is 6.12. The molecule has 0 bridgehead atoms. The minimum atomic E-state index is -1.54. The molecular weight excluding hydrogens is 470 g/mol. The summed E-state index contributed by atoms with van der Waals surface area (Å²) in [5.41, 5.74) is 0.662. The first-order valence-corrected chi connectivity index (χ1v) is 12.1. The molecule has 3 heterocycles. The second-order valence-electron chi connectivity index (χ2n) is 9.20. The standard InChI is InChI=1S/C26H26ClN3O5/c1-3-35-19(31)14-26-21-20(23(32)30(24(21)33)18-10-4-15(2)5-11-18)22(16-6-8-17(27)9-7-16)29(26)13-12-28-25(26)34/h4-11,20-22H,3,12-14H2,1-2H3,(H,28,34)/t20-,21-,22-,26+/m0/s1. The molecule has 182 valence electrons. The van der Waals surface area contributed by atoms with E-state index in [-0.39, 0.29) is 18.9 Å². The van der Waals surface area contributed by atoms with Crippen LogP contribution in [0.4, 0.5) is 5.69 Å². The van der Waals surface area contributed by atoms with Crippen LogP contribution in [0, 0.1) is 18.8 Å². The molecule has 3 aliphatic heterocycles. The van der Waals surface area contributed by atoms with Gasteiger partial charge in [0.25, 0.3) is 0 Å². The predicted octanol–water partition coefficient (Wildman–Crippen LogP) is 2.63. The van der Waals surface area contributed by atoms with Crippen molar-refractivity contribution in [3.63, 3.8) is 0 Å². The van der Waals surface area contributed by atoms with Crippen LogP contribution in [-0.4, -0.2) is 53.8 Å². The Hall–Kier alpha value is -3.23. The third-order valence-corrected chi connectivity index (χ3v) is 7.56. The first-order valence-electron chi connectivity index (χ1n) is 11.7. The Balaban J connectivity index is 1.69. The van der Waals surface area contributed by atoms with Crippen molar-refractivity contribution >= 4 is 41.0 Å². The lowest BCUT2D eigenvalue weighted by molar-refractivity contribution is -0.156. The molecule has 0 spiro atoms. The van der Waals surface area contributed by atoms with E-state index < -0.39 is 41.2 Å². The van der Waals surface area contributed by atoms with Crippen molar-refractivity contribution in [2.45, 2.75) is 31.8 Å². The van der Waals surface area contributed by atoms with Crippen LogP contribution in [0.3, 0.4) is 0 Å². The van der Waals surface area contributed by atoms with Crippen LogP contribution in [0.2, 0.25) is 5.02 Å². The van der Waals surface area contributed by atoms with Gasteiger partial charge in [-0.25, -0.2) is 4.90 Å². The van der Waals surface area contributed by atoms with E-state index in [1.807, 2.05) is 36.1 Å². The van der Waals surface area contributed by atoms with E-state index in [0.29, 0.717) is 23.8 Å². The van der Waals surface area contributed by atoms with Crippen LogP contribution < -0.4 is 10.2 Å². The number of fused-ring (bicyclic) bond motifs is 3. The summed E-state index contributed by atoms with van der Waals surface area (Å²) < 4.78 is 5.21. The molecule has 0 aliphatic carbocycles. The number of carbonyl (C=O) groups is 4. The molecule has 0 radical (unpaired) electrons. The first-order chi connectivity index (χ1) is 16.8. The molecule has 5 rings (SSSR count). The number of ether oxygens (including phenoxy) is 1. The third kappa shape index (κ3) is 3.54. The molecule has 2 aromatic rings. The maximum atomic E-state index is 14.0. The molecule has 2 aromatic carbocycles. The molecule has 0 unspecified atom stereocenters. The second kappa shape index (κ2) is 8.77. The van der Waals surface area contributed by atoms with E-state index in [9.17, 15) is 19.2 Å². The van der Waals surface area contributed by atoms with Gasteiger partial charge in [0.1, 0.15) is 5.54 Å². The van der Waals surface area contributed by atoms with Crippen molar-refractivity contribution in [2.75, 3.05) is 24.6 Å². The van der Waals surface area contributed by atoms with Crippen LogP contribution >= 0.6 is 11.6 Å². The number of hydrogen-bond acceptors (Lipinski definition) is 6. The monoisotopic (exact) mass is 495 g/mol. The summed E-state index contributed by atoms with van der Waals surface area (Å²) in [6, 6.07) is 13.6. The number of amides is 3. The first kappa shape index (κ1) is 23.5. The minimum Gasteiger partial charge on any atom is -0.466 e. The molecule has 3 amide bonds. The van der Waals surface area contributed by atoms with Gasteiger partial charge >= 0.3 is 5.97 Å². The van der Waals surface area contributed by atoms with Gasteiger partial charge in [-0.05, 0) is 43.7 Å². The highest BCUT2D eigenvalue weighted by molar-refractivity contribution is 6.30. The average Bonchev–Trinajstić information content (AvgIpc) is 3.26. The van der Waals surface area contributed by atoms with Gasteiger partial charge in [-0.1, -0.05) is 41.4 Å². The van der Waals surface area contributed by atoms with Crippen molar-refractivity contribution in [2.24, 2.45) is 11.8 Å². The molecule has 9 heteroatoms. The van der Waals surface area contributed by atoms with E-state index >= 15 is 0 Å². The largest absolute Gasteiger partial charge is 0.466 e. The van der Waals surface area contributed by atoms with Crippen molar-refractivity contribution in [1.29, 1.82) is 0 Å². The zero-order valence-electron chi connectivity index (χ0n) is 19.5. The lowest BCUT2D eigenvalue weighted by atomic mass is 9.76. The quantitative estimate of drug-likeness (QED) is 0.506. The molecule has 0 aromatic heterocycles. The van der Waals surface area contributed by atoms with Crippen LogP contribution in [0.1, 0.15) is 30.5 Å². The Morgan fingerprint density at radius 2 is 1.77 bits per heavy atom. The molecule has 8 nitrogen and oxygen atoms in total. The minimum absolute atomic E-state index is 0.146. The smallest absolute Gasteiger partial charge is 0.308 e. The Morgan fingerprint density at radius 3 is 2.43 bits per heavy atom. The number of imide groups is 1. The molecule has 3 saturated heterocycles. The van der Waals surface area contributed by atoms with Gasteiger partial charge in [-0.15, -0.1) is 0 Å². The van der Waals surface area contributed by atoms with Crippen molar-refractivity contribution in [1.82, 2.24) is 10.2 Å². The molecule has 3 aliphatic rings. The fourth-order valence-corrected chi connectivity index (χ4v) is 6.03. The maximum Gasteiger partial charge on any atom is 0.308 e. The number of aryl methyl sites for hydroxylation is 1. The Bertz CT molecular complexity index is 1200. The highest BCUT2D eigenvalue weighted by Gasteiger charge is 2.73. The van der Waals surface area contributed by atoms with Gasteiger partial charge in [0.15, 0.2) is 0 Å². The average molecular weight is 496 g/mol. The number of rotatable bonds is 5. The van der Waals surface area contributed by atoms with E-state index in [0.717, 1.165) is 11.1 Å². The lowest BCUT2D eigenvalue weighted by Crippen LogP contribution is -2.67. The number of benzene rings is 2. The fourth-order valence-electron chi connectivity index (χ4n) is 5.90. The summed E-state index contributed by atoms with van der Waals surface area (Å²) in [6.45, 7) is 4.48. The molecule has 3 fully saturated rings. The number of halogens is 1. The molecule has 35 heavy (non-hydrogen) atoms. The SMILES string of the molecule is CCOC(=O)C[C@@]12C(=O)NCCN1[C@@H](c1ccc(Cl)cc1)[C@H]1C(=O)N(c3ccc(C)cc3)C(=O)[C@H]12. The van der Waals surface area contributed by atoms with E-state index in [1.54, 1.807) is 31.2 Å². The van der Waals surface area contributed by atoms with Crippen molar-refractivity contribution in [3.8, 4) is 0 Å². The number of hydrogen-bond donors (Lipinski definition) is 1. The summed E-state index contributed by atoms with van der Waals surface area (Å²) in [5, 5.41) is 3.38. The van der Waals surface area contributed by atoms with E-state index in [1.165, 1.54) is 4.90 Å². The topological polar surface area (TPSA) is 96.0 Å². The van der Waals surface area contributed by atoms with Gasteiger partial charge in [0.2, 0.25) is 17.7 Å². The fraction of sp³-hybridized carbons (Fsp3) is 0.385. The third-order valence-electron chi connectivity index (χ3n) is 7.31. The zero-order valence-corrected chi connectivity index (χ0v) is 20.2. The van der Waals surface area contributed by atoms with Gasteiger partial charge < -0.3 is 10.1 Å². The van der Waals surface area contributed by atoms with E-state index in [2.05, 4.69) is 5.32 Å². The van der Waals surface area contributed by atoms with Gasteiger partial charge in [-0.3, -0.25) is 24.1 Å². The predicted molar refractivity (Wildman–Crippen MR) is 129 cm³/mol. The number of carbonyl (C=O) groups excluding carboxylic acids is 4. The van der Waals surface area contributed by atoms with Crippen LogP contribution in [0.5, 0.6) is 0 Å². The number of esters is 1. The van der Waals surface area contributed by atoms with Crippen LogP contribution in [0.15, 0.2) is 48.5 Å². The Labute approximate surface area is 208 Å². The summed E-state index contributed by atoms with van der Waals surface area (Å²) in [6.07, 6.45) is -0.321. The molecular formula is C26H26ClN3O5. The Kier molecular flexibility index (Phi) is 5.89. The van der Waals surface area contributed by atoms with Crippen molar-refractivity contribution in [3.05, 3.63) is 64.7 Å². The van der Waals surface area contributed by atoms with Crippen LogP contribution in [-0.2, 0) is 23.9 Å². The second-order valence-corrected chi connectivity index (χ2v) is 9.64. The number of nitrogens with zero attached hydrogens (tertiary/aromatic N) is 2. The normalized spacial score (nSPS) is 28.0. The number of anilines is 1. The van der Waals surface area contributed by atoms with Crippen molar-refractivity contribution < 1.29 is 23.9 Å². The van der Waals surface area contributed by atoms with Crippen LogP contribution in [0.25, 0.3) is 0 Å². The molecule has 0 saturated carbocycles. The number of nitrogens with one attached hydrogen (secondary N) is 1. The maximum absolute atomic E-state index is 14.0. The zero-order chi connectivity index (χ0) is 24.9. The number of piperazine rings is 1. The van der Waals surface area contributed by atoms with Gasteiger partial charge in [0.05, 0.1) is 30.6 Å². The summed E-state index contributed by atoms with van der Waals surface area (Å²) in [4.78, 5) is 57.3. The lowest BCUT2D eigenvalue weighted by Gasteiger charge is -2.45. The Morgan fingerprint density at radius 1 is 1.09 bits per heavy atom. The summed E-state index contributed by atoms with van der Waals surface area (Å²) in [5.74, 6) is -3.76. The van der Waals surface area contributed by atoms with E-state index in [4.69, 9.17) is 16.3 Å².